The summed E-state index contributed by atoms with van der Waals surface area (Å²) in [5.41, 5.74) is 3.36. The van der Waals surface area contributed by atoms with Gasteiger partial charge in [0.05, 0.1) is 11.4 Å². The fourth-order valence-electron chi connectivity index (χ4n) is 2.50. The smallest absolute Gasteiger partial charge is 0.223 e. The van der Waals surface area contributed by atoms with Gasteiger partial charge in [0, 0.05) is 31.5 Å². The highest BCUT2D eigenvalue weighted by Crippen LogP contribution is 2.31. The van der Waals surface area contributed by atoms with Crippen LogP contribution in [0.1, 0.15) is 12.5 Å². The Labute approximate surface area is 139 Å². The molecule has 0 fully saturated rings. The molecule has 0 radical (unpaired) electrons. The number of carbonyl (C=O) groups excluding carboxylic acids is 1. The van der Waals surface area contributed by atoms with Gasteiger partial charge in [0.25, 0.3) is 0 Å². The van der Waals surface area contributed by atoms with E-state index in [1.165, 1.54) is 6.92 Å². The molecule has 2 aromatic carbocycles. The summed E-state index contributed by atoms with van der Waals surface area (Å²) in [7, 11) is 1.75. The van der Waals surface area contributed by atoms with E-state index >= 15 is 0 Å². The van der Waals surface area contributed by atoms with Gasteiger partial charge in [0.2, 0.25) is 5.91 Å². The summed E-state index contributed by atoms with van der Waals surface area (Å²) in [4.78, 5) is 13.2. The maximum atomic E-state index is 11.6. The van der Waals surface area contributed by atoms with Gasteiger partial charge < -0.3 is 14.6 Å². The summed E-state index contributed by atoms with van der Waals surface area (Å²) >= 11 is 6.22. The second-order valence-corrected chi connectivity index (χ2v) is 5.64. The van der Waals surface area contributed by atoms with E-state index in [1.54, 1.807) is 11.9 Å². The van der Waals surface area contributed by atoms with Crippen LogP contribution in [0.15, 0.2) is 52.9 Å². The van der Waals surface area contributed by atoms with Gasteiger partial charge in [0.1, 0.15) is 5.58 Å². The van der Waals surface area contributed by atoms with Crippen molar-refractivity contribution < 1.29 is 9.21 Å². The quantitative estimate of drug-likeness (QED) is 0.756. The van der Waals surface area contributed by atoms with E-state index in [1.807, 2.05) is 48.5 Å². The number of furan rings is 1. The molecule has 3 aromatic rings. The van der Waals surface area contributed by atoms with Crippen molar-refractivity contribution >= 4 is 39.9 Å². The van der Waals surface area contributed by atoms with Crippen molar-refractivity contribution in [1.82, 2.24) is 0 Å². The number of hydrogen-bond acceptors (Lipinski definition) is 3. The molecule has 118 valence electrons. The fraction of sp³-hybridized carbons (Fsp3) is 0.167. The molecule has 0 saturated carbocycles. The summed E-state index contributed by atoms with van der Waals surface area (Å²) in [6, 6.07) is 15.4. The topological polar surface area (TPSA) is 45.5 Å². The minimum atomic E-state index is -0.0222. The maximum absolute atomic E-state index is 11.6. The zero-order valence-electron chi connectivity index (χ0n) is 13.0. The predicted molar refractivity (Wildman–Crippen MR) is 94.1 cm³/mol. The number of anilines is 2. The van der Waals surface area contributed by atoms with Crippen molar-refractivity contribution in [3.63, 3.8) is 0 Å². The Morgan fingerprint density at radius 2 is 1.87 bits per heavy atom. The first-order valence-corrected chi connectivity index (χ1v) is 7.69. The van der Waals surface area contributed by atoms with Crippen molar-refractivity contribution in [2.24, 2.45) is 0 Å². The zero-order valence-corrected chi connectivity index (χ0v) is 13.7. The molecule has 3 rings (SSSR count). The molecule has 1 amide bonds. The van der Waals surface area contributed by atoms with Gasteiger partial charge in [-0.1, -0.05) is 30.3 Å². The maximum Gasteiger partial charge on any atom is 0.223 e. The van der Waals surface area contributed by atoms with Gasteiger partial charge >= 0.3 is 0 Å². The monoisotopic (exact) mass is 328 g/mol. The molecule has 1 aromatic heterocycles. The molecule has 23 heavy (non-hydrogen) atoms. The number of carbonyl (C=O) groups is 1. The average molecular weight is 329 g/mol. The van der Waals surface area contributed by atoms with Gasteiger partial charge in [-0.25, -0.2) is 0 Å². The first-order valence-electron chi connectivity index (χ1n) is 7.31. The number of benzene rings is 2. The molecule has 0 aliphatic carbocycles. The van der Waals surface area contributed by atoms with E-state index in [-0.39, 0.29) is 5.91 Å². The molecule has 0 bridgehead atoms. The molecule has 5 heteroatoms. The lowest BCUT2D eigenvalue weighted by molar-refractivity contribution is -0.116. The molecular formula is C18H17ClN2O2. The minimum absolute atomic E-state index is 0.0222. The first-order chi connectivity index (χ1) is 11.1. The molecule has 0 atom stereocenters. The third kappa shape index (κ3) is 3.03. The Morgan fingerprint density at radius 3 is 2.65 bits per heavy atom. The third-order valence-electron chi connectivity index (χ3n) is 3.84. The number of rotatable bonds is 4. The van der Waals surface area contributed by atoms with Crippen LogP contribution in [0.3, 0.4) is 0 Å². The summed E-state index contributed by atoms with van der Waals surface area (Å²) in [5.74, 6) is -0.0222. The van der Waals surface area contributed by atoms with Crippen LogP contribution < -0.4 is 10.2 Å². The van der Waals surface area contributed by atoms with Crippen molar-refractivity contribution in [3.05, 3.63) is 59.3 Å². The molecule has 0 saturated heterocycles. The Hall–Kier alpha value is -2.46. The van der Waals surface area contributed by atoms with Crippen molar-refractivity contribution in [2.75, 3.05) is 17.3 Å². The molecule has 4 nitrogen and oxygen atoms in total. The molecule has 1 heterocycles. The molecule has 0 aliphatic rings. The van der Waals surface area contributed by atoms with Crippen molar-refractivity contribution in [1.29, 1.82) is 0 Å². The Kier molecular flexibility index (Phi) is 4.26. The van der Waals surface area contributed by atoms with Gasteiger partial charge in [-0.3, -0.25) is 4.79 Å². The minimum Gasteiger partial charge on any atom is -0.444 e. The normalized spacial score (nSPS) is 10.7. The van der Waals surface area contributed by atoms with Gasteiger partial charge in [-0.05, 0) is 29.8 Å². The standard InChI is InChI=1S/C18H17ClN2O2/c1-12(22)21(2)16-9-5-4-8-15(16)20-11-14-13-7-3-6-10-17(13)23-18(14)19/h3-10,20H,11H2,1-2H3. The van der Waals surface area contributed by atoms with Crippen LogP contribution in [0.4, 0.5) is 11.4 Å². The lowest BCUT2D eigenvalue weighted by Crippen LogP contribution is -2.23. The van der Waals surface area contributed by atoms with E-state index in [9.17, 15) is 4.79 Å². The number of amides is 1. The Balaban J connectivity index is 1.89. The van der Waals surface area contributed by atoms with Crippen LogP contribution in [0.2, 0.25) is 5.22 Å². The molecular weight excluding hydrogens is 312 g/mol. The zero-order chi connectivity index (χ0) is 16.4. The first kappa shape index (κ1) is 15.4. The fourth-order valence-corrected chi connectivity index (χ4v) is 2.75. The number of halogens is 1. The predicted octanol–water partition coefficient (Wildman–Crippen LogP) is 4.68. The van der Waals surface area contributed by atoms with Gasteiger partial charge in [-0.2, -0.15) is 0 Å². The second-order valence-electron chi connectivity index (χ2n) is 5.30. The van der Waals surface area contributed by atoms with E-state index < -0.39 is 0 Å². The van der Waals surface area contributed by atoms with Crippen LogP contribution in [-0.4, -0.2) is 13.0 Å². The van der Waals surface area contributed by atoms with E-state index in [4.69, 9.17) is 16.0 Å². The average Bonchev–Trinajstić information content (AvgIpc) is 2.87. The number of nitrogens with one attached hydrogen (secondary N) is 1. The van der Waals surface area contributed by atoms with Gasteiger partial charge in [0.15, 0.2) is 5.22 Å². The van der Waals surface area contributed by atoms with Crippen LogP contribution in [0, 0.1) is 0 Å². The van der Waals surface area contributed by atoms with Crippen LogP contribution in [0.25, 0.3) is 11.0 Å². The molecule has 0 aliphatic heterocycles. The highest BCUT2D eigenvalue weighted by Gasteiger charge is 2.14. The molecule has 0 spiro atoms. The van der Waals surface area contributed by atoms with E-state index in [2.05, 4.69) is 5.32 Å². The van der Waals surface area contributed by atoms with Crippen molar-refractivity contribution in [3.8, 4) is 0 Å². The van der Waals surface area contributed by atoms with E-state index in [0.29, 0.717) is 11.8 Å². The SMILES string of the molecule is CC(=O)N(C)c1ccccc1NCc1c(Cl)oc2ccccc12. The Morgan fingerprint density at radius 1 is 1.17 bits per heavy atom. The summed E-state index contributed by atoms with van der Waals surface area (Å²) in [6.07, 6.45) is 0. The lowest BCUT2D eigenvalue weighted by atomic mass is 10.1. The lowest BCUT2D eigenvalue weighted by Gasteiger charge is -2.19. The molecule has 0 unspecified atom stereocenters. The van der Waals surface area contributed by atoms with E-state index in [0.717, 1.165) is 27.9 Å². The number of para-hydroxylation sites is 3. The second kappa shape index (κ2) is 6.34. The largest absolute Gasteiger partial charge is 0.444 e. The number of hydrogen-bond donors (Lipinski definition) is 1. The number of nitrogens with zero attached hydrogens (tertiary/aromatic N) is 1. The summed E-state index contributed by atoms with van der Waals surface area (Å²) in [6.45, 7) is 2.05. The summed E-state index contributed by atoms with van der Waals surface area (Å²) < 4.78 is 5.56. The Bertz CT molecular complexity index is 857. The third-order valence-corrected chi connectivity index (χ3v) is 4.15. The van der Waals surface area contributed by atoms with Crippen molar-refractivity contribution in [2.45, 2.75) is 13.5 Å². The highest BCUT2D eigenvalue weighted by atomic mass is 35.5. The number of fused-ring (bicyclic) bond motifs is 1. The molecule has 1 N–H and O–H groups in total. The van der Waals surface area contributed by atoms with Crippen LogP contribution >= 0.6 is 11.6 Å². The van der Waals surface area contributed by atoms with Crippen LogP contribution in [-0.2, 0) is 11.3 Å². The van der Waals surface area contributed by atoms with Crippen LogP contribution in [0.5, 0.6) is 0 Å². The highest BCUT2D eigenvalue weighted by molar-refractivity contribution is 6.30. The van der Waals surface area contributed by atoms with Gasteiger partial charge in [-0.15, -0.1) is 0 Å². The summed E-state index contributed by atoms with van der Waals surface area (Å²) in [5, 5.41) is 4.72.